The van der Waals surface area contributed by atoms with Gasteiger partial charge in [0.1, 0.15) is 0 Å². The molecule has 0 saturated carbocycles. The molecule has 21 heavy (non-hydrogen) atoms. The first kappa shape index (κ1) is 18.1. The standard InChI is InChI=1S/C17H32N4/c1-3-20-15(2)13-21-17(14-19-11-7-10-18)12-16-8-5-4-6-9-16/h4-6,8-9,15,17,19-21H,3,7,10-14,18H2,1-2H3/t15-,17-/m0/s1. The van der Waals surface area contributed by atoms with E-state index < -0.39 is 0 Å². The number of hydrogen-bond acceptors (Lipinski definition) is 4. The summed E-state index contributed by atoms with van der Waals surface area (Å²) in [7, 11) is 0. The van der Waals surface area contributed by atoms with Gasteiger partial charge in [-0.15, -0.1) is 0 Å². The van der Waals surface area contributed by atoms with Crippen molar-refractivity contribution in [1.82, 2.24) is 16.0 Å². The van der Waals surface area contributed by atoms with Gasteiger partial charge in [-0.3, -0.25) is 0 Å². The lowest BCUT2D eigenvalue weighted by atomic mass is 10.1. The van der Waals surface area contributed by atoms with Gasteiger partial charge in [0.05, 0.1) is 0 Å². The first-order valence-corrected chi connectivity index (χ1v) is 8.17. The molecule has 2 atom stereocenters. The quantitative estimate of drug-likeness (QED) is 0.436. The van der Waals surface area contributed by atoms with Crippen molar-refractivity contribution >= 4 is 0 Å². The summed E-state index contributed by atoms with van der Waals surface area (Å²) in [6.07, 6.45) is 2.08. The van der Waals surface area contributed by atoms with Gasteiger partial charge in [0, 0.05) is 25.2 Å². The van der Waals surface area contributed by atoms with Crippen molar-refractivity contribution in [2.24, 2.45) is 5.73 Å². The average Bonchev–Trinajstić information content (AvgIpc) is 2.50. The Morgan fingerprint density at radius 1 is 1.10 bits per heavy atom. The molecule has 5 N–H and O–H groups in total. The zero-order chi connectivity index (χ0) is 15.3. The molecule has 0 spiro atoms. The Kier molecular flexibility index (Phi) is 10.1. The normalized spacial score (nSPS) is 14.0. The van der Waals surface area contributed by atoms with Crippen molar-refractivity contribution < 1.29 is 0 Å². The summed E-state index contributed by atoms with van der Waals surface area (Å²) >= 11 is 0. The van der Waals surface area contributed by atoms with Crippen molar-refractivity contribution in [2.45, 2.75) is 38.8 Å². The second-order valence-electron chi connectivity index (χ2n) is 5.60. The molecule has 120 valence electrons. The molecular formula is C17H32N4. The summed E-state index contributed by atoms with van der Waals surface area (Å²) < 4.78 is 0. The number of likely N-dealkylation sites (N-methyl/N-ethyl adjacent to an activating group) is 1. The maximum Gasteiger partial charge on any atom is 0.0233 e. The van der Waals surface area contributed by atoms with E-state index in [-0.39, 0.29) is 0 Å². The van der Waals surface area contributed by atoms with Crippen LogP contribution in [0.25, 0.3) is 0 Å². The van der Waals surface area contributed by atoms with E-state index in [4.69, 9.17) is 5.73 Å². The minimum Gasteiger partial charge on any atom is -0.330 e. The first-order valence-electron chi connectivity index (χ1n) is 8.17. The minimum atomic E-state index is 0.450. The monoisotopic (exact) mass is 292 g/mol. The van der Waals surface area contributed by atoms with Crippen LogP contribution in [0.15, 0.2) is 30.3 Å². The minimum absolute atomic E-state index is 0.450. The fourth-order valence-corrected chi connectivity index (χ4v) is 2.38. The Morgan fingerprint density at radius 2 is 1.86 bits per heavy atom. The van der Waals surface area contributed by atoms with Crippen molar-refractivity contribution in [3.05, 3.63) is 35.9 Å². The number of rotatable bonds is 12. The number of hydrogen-bond donors (Lipinski definition) is 4. The molecular weight excluding hydrogens is 260 g/mol. The highest BCUT2D eigenvalue weighted by Crippen LogP contribution is 2.03. The molecule has 0 aliphatic heterocycles. The largest absolute Gasteiger partial charge is 0.330 e. The molecule has 0 aromatic heterocycles. The van der Waals surface area contributed by atoms with Gasteiger partial charge in [-0.2, -0.15) is 0 Å². The summed E-state index contributed by atoms with van der Waals surface area (Å²) in [6.45, 7) is 9.09. The number of nitrogens with one attached hydrogen (secondary N) is 3. The van der Waals surface area contributed by atoms with Crippen LogP contribution in [0.1, 0.15) is 25.8 Å². The lowest BCUT2D eigenvalue weighted by molar-refractivity contribution is 0.429. The van der Waals surface area contributed by atoms with Gasteiger partial charge in [-0.25, -0.2) is 0 Å². The van der Waals surface area contributed by atoms with Crippen LogP contribution < -0.4 is 21.7 Å². The van der Waals surface area contributed by atoms with Gasteiger partial charge in [-0.05, 0) is 45.0 Å². The van der Waals surface area contributed by atoms with E-state index in [2.05, 4.69) is 60.1 Å². The molecule has 1 rings (SSSR count). The SMILES string of the molecule is CCN[C@@H](C)CN[C@H](CNCCCN)Cc1ccccc1. The van der Waals surface area contributed by atoms with Gasteiger partial charge in [0.2, 0.25) is 0 Å². The Balaban J connectivity index is 2.41. The first-order chi connectivity index (χ1) is 10.3. The third kappa shape index (κ3) is 8.83. The third-order valence-electron chi connectivity index (χ3n) is 3.54. The summed E-state index contributed by atoms with van der Waals surface area (Å²) in [6, 6.07) is 11.6. The number of benzene rings is 1. The highest BCUT2D eigenvalue weighted by molar-refractivity contribution is 5.16. The predicted octanol–water partition coefficient (Wildman–Crippen LogP) is 1.12. The van der Waals surface area contributed by atoms with E-state index in [1.165, 1.54) is 5.56 Å². The van der Waals surface area contributed by atoms with E-state index in [9.17, 15) is 0 Å². The molecule has 0 saturated heterocycles. The van der Waals surface area contributed by atoms with E-state index in [0.717, 1.165) is 45.6 Å². The molecule has 0 aliphatic rings. The summed E-state index contributed by atoms with van der Waals surface area (Å²) in [5, 5.41) is 10.6. The van der Waals surface area contributed by atoms with Crippen molar-refractivity contribution in [2.75, 3.05) is 32.7 Å². The second-order valence-corrected chi connectivity index (χ2v) is 5.60. The van der Waals surface area contributed by atoms with Crippen molar-refractivity contribution in [3.8, 4) is 0 Å². The second kappa shape index (κ2) is 11.7. The fraction of sp³-hybridized carbons (Fsp3) is 0.647. The summed E-state index contributed by atoms with van der Waals surface area (Å²) in [4.78, 5) is 0. The molecule has 0 fully saturated rings. The van der Waals surface area contributed by atoms with E-state index in [1.54, 1.807) is 0 Å². The van der Waals surface area contributed by atoms with E-state index in [0.29, 0.717) is 12.1 Å². The fourth-order valence-electron chi connectivity index (χ4n) is 2.38. The molecule has 0 unspecified atom stereocenters. The highest BCUT2D eigenvalue weighted by atomic mass is 15.0. The Labute approximate surface area is 129 Å². The lowest BCUT2D eigenvalue weighted by Crippen LogP contribution is -2.46. The van der Waals surface area contributed by atoms with Crippen LogP contribution >= 0.6 is 0 Å². The molecule has 1 aromatic carbocycles. The molecule has 0 bridgehead atoms. The van der Waals surface area contributed by atoms with Crippen LogP contribution in [0.5, 0.6) is 0 Å². The van der Waals surface area contributed by atoms with Crippen LogP contribution in [0.2, 0.25) is 0 Å². The summed E-state index contributed by atoms with van der Waals surface area (Å²) in [5.41, 5.74) is 6.92. The molecule has 0 amide bonds. The van der Waals surface area contributed by atoms with Crippen molar-refractivity contribution in [3.63, 3.8) is 0 Å². The topological polar surface area (TPSA) is 62.1 Å². The van der Waals surface area contributed by atoms with Crippen LogP contribution in [0.3, 0.4) is 0 Å². The Morgan fingerprint density at radius 3 is 2.52 bits per heavy atom. The third-order valence-corrected chi connectivity index (χ3v) is 3.54. The van der Waals surface area contributed by atoms with Gasteiger partial charge < -0.3 is 21.7 Å². The molecule has 1 aromatic rings. The molecule has 4 nitrogen and oxygen atoms in total. The highest BCUT2D eigenvalue weighted by Gasteiger charge is 2.10. The van der Waals surface area contributed by atoms with Crippen LogP contribution in [0.4, 0.5) is 0 Å². The van der Waals surface area contributed by atoms with Crippen LogP contribution in [-0.4, -0.2) is 44.8 Å². The van der Waals surface area contributed by atoms with Crippen LogP contribution in [0, 0.1) is 0 Å². The molecule has 0 aliphatic carbocycles. The Hall–Kier alpha value is -0.940. The summed E-state index contributed by atoms with van der Waals surface area (Å²) in [5.74, 6) is 0. The van der Waals surface area contributed by atoms with Gasteiger partial charge in [-0.1, -0.05) is 37.3 Å². The van der Waals surface area contributed by atoms with Crippen molar-refractivity contribution in [1.29, 1.82) is 0 Å². The Bertz CT molecular complexity index is 342. The van der Waals surface area contributed by atoms with Gasteiger partial charge >= 0.3 is 0 Å². The zero-order valence-electron chi connectivity index (χ0n) is 13.6. The van der Waals surface area contributed by atoms with E-state index in [1.807, 2.05) is 0 Å². The van der Waals surface area contributed by atoms with Gasteiger partial charge in [0.25, 0.3) is 0 Å². The van der Waals surface area contributed by atoms with Gasteiger partial charge in [0.15, 0.2) is 0 Å². The maximum atomic E-state index is 5.54. The smallest absolute Gasteiger partial charge is 0.0233 e. The average molecular weight is 292 g/mol. The zero-order valence-corrected chi connectivity index (χ0v) is 13.6. The maximum absolute atomic E-state index is 5.54. The van der Waals surface area contributed by atoms with E-state index >= 15 is 0 Å². The van der Waals surface area contributed by atoms with Crippen LogP contribution in [-0.2, 0) is 6.42 Å². The predicted molar refractivity (Wildman–Crippen MR) is 91.6 cm³/mol. The lowest BCUT2D eigenvalue weighted by Gasteiger charge is -2.22. The number of nitrogens with two attached hydrogens (primary N) is 1. The molecule has 0 heterocycles. The molecule has 4 heteroatoms. The molecule has 0 radical (unpaired) electrons.